The Balaban J connectivity index is 2.92. The number of imide groups is 1. The van der Waals surface area contributed by atoms with E-state index in [4.69, 9.17) is 10.4 Å². The van der Waals surface area contributed by atoms with Crippen molar-refractivity contribution in [3.8, 4) is 6.07 Å². The summed E-state index contributed by atoms with van der Waals surface area (Å²) in [5.74, 6) is -2.68. The van der Waals surface area contributed by atoms with Gasteiger partial charge in [-0.2, -0.15) is 5.26 Å². The molecule has 1 heterocycles. The number of nitrogens with zero attached hydrogens (tertiary/aromatic N) is 2. The predicted octanol–water partition coefficient (Wildman–Crippen LogP) is -0.888. The molecule has 6 nitrogen and oxygen atoms in total. The summed E-state index contributed by atoms with van der Waals surface area (Å²) in [5, 5.41) is 16.9. The molecule has 0 aliphatic carbocycles. The van der Waals surface area contributed by atoms with E-state index < -0.39 is 23.8 Å². The van der Waals surface area contributed by atoms with Gasteiger partial charge in [0.1, 0.15) is 6.07 Å². The van der Waals surface area contributed by atoms with Crippen molar-refractivity contribution in [3.05, 3.63) is 0 Å². The van der Waals surface area contributed by atoms with E-state index in [0.717, 1.165) is 0 Å². The Labute approximate surface area is 73.4 Å². The number of amides is 2. The molecule has 1 unspecified atom stereocenters. The highest BCUT2D eigenvalue weighted by Gasteiger charge is 2.38. The largest absolute Gasteiger partial charge is 0.479 e. The van der Waals surface area contributed by atoms with Crippen LogP contribution >= 0.6 is 0 Å². The van der Waals surface area contributed by atoms with E-state index >= 15 is 0 Å². The van der Waals surface area contributed by atoms with Crippen LogP contribution in [0.3, 0.4) is 0 Å². The summed E-state index contributed by atoms with van der Waals surface area (Å²) in [5.41, 5.74) is 0. The van der Waals surface area contributed by atoms with Crippen molar-refractivity contribution in [1.82, 2.24) is 4.90 Å². The molecule has 0 spiro atoms. The molecule has 0 bridgehead atoms. The first kappa shape index (κ1) is 9.19. The standard InChI is InChI=1S/C7H6N2O4/c8-3-4(7(12)13)9-5(10)1-2-6(9)11/h4H,1-2H2,(H,12,13). The van der Waals surface area contributed by atoms with Crippen molar-refractivity contribution in [2.24, 2.45) is 0 Å². The van der Waals surface area contributed by atoms with Crippen molar-refractivity contribution >= 4 is 17.8 Å². The van der Waals surface area contributed by atoms with Gasteiger partial charge in [-0.1, -0.05) is 0 Å². The lowest BCUT2D eigenvalue weighted by Gasteiger charge is -2.15. The number of hydrogen-bond acceptors (Lipinski definition) is 4. The molecule has 68 valence electrons. The number of carboxylic acid groups (broad SMARTS) is 1. The summed E-state index contributed by atoms with van der Waals surface area (Å²) in [4.78, 5) is 32.9. The van der Waals surface area contributed by atoms with Gasteiger partial charge in [-0.05, 0) is 0 Å². The Morgan fingerprint density at radius 3 is 2.23 bits per heavy atom. The number of aliphatic carboxylic acids is 1. The maximum atomic E-state index is 11.0. The van der Waals surface area contributed by atoms with Gasteiger partial charge in [0.15, 0.2) is 0 Å². The molecule has 1 fully saturated rings. The highest BCUT2D eigenvalue weighted by Crippen LogP contribution is 2.15. The fraction of sp³-hybridized carbons (Fsp3) is 0.429. The molecule has 1 atom stereocenters. The van der Waals surface area contributed by atoms with Gasteiger partial charge in [-0.15, -0.1) is 0 Å². The normalized spacial score (nSPS) is 18.5. The van der Waals surface area contributed by atoms with Crippen LogP contribution in [0.1, 0.15) is 12.8 Å². The Hall–Kier alpha value is -1.90. The van der Waals surface area contributed by atoms with E-state index in [0.29, 0.717) is 4.90 Å². The van der Waals surface area contributed by atoms with Crippen molar-refractivity contribution in [3.63, 3.8) is 0 Å². The maximum Gasteiger partial charge on any atom is 0.341 e. The molecule has 0 aromatic heterocycles. The first-order valence-corrected chi connectivity index (χ1v) is 3.55. The zero-order valence-corrected chi connectivity index (χ0v) is 6.56. The van der Waals surface area contributed by atoms with Crippen molar-refractivity contribution in [1.29, 1.82) is 5.26 Å². The van der Waals surface area contributed by atoms with E-state index in [1.165, 1.54) is 6.07 Å². The molecule has 1 rings (SSSR count). The molecular formula is C7H6N2O4. The van der Waals surface area contributed by atoms with Crippen LogP contribution in [0, 0.1) is 11.3 Å². The number of carbonyl (C=O) groups is 3. The third kappa shape index (κ3) is 1.49. The topological polar surface area (TPSA) is 98.5 Å². The molecule has 1 N–H and O–H groups in total. The molecule has 0 aromatic rings. The molecule has 13 heavy (non-hydrogen) atoms. The summed E-state index contributed by atoms with van der Waals surface area (Å²) < 4.78 is 0. The second-order valence-electron chi connectivity index (χ2n) is 2.53. The van der Waals surface area contributed by atoms with Gasteiger partial charge in [-0.3, -0.25) is 14.5 Å². The lowest BCUT2D eigenvalue weighted by molar-refractivity contribution is -0.151. The van der Waals surface area contributed by atoms with E-state index in [2.05, 4.69) is 0 Å². The van der Waals surface area contributed by atoms with Gasteiger partial charge in [0, 0.05) is 12.8 Å². The molecule has 1 aliphatic rings. The van der Waals surface area contributed by atoms with Gasteiger partial charge in [0.25, 0.3) is 0 Å². The average Bonchev–Trinajstić information content (AvgIpc) is 2.36. The minimum absolute atomic E-state index is 0.00963. The molecule has 2 amide bonds. The number of carbonyl (C=O) groups excluding carboxylic acids is 2. The molecule has 0 saturated carbocycles. The minimum Gasteiger partial charge on any atom is -0.479 e. The molecule has 1 aliphatic heterocycles. The van der Waals surface area contributed by atoms with Crippen LogP contribution < -0.4 is 0 Å². The van der Waals surface area contributed by atoms with Crippen LogP contribution in [0.2, 0.25) is 0 Å². The Morgan fingerprint density at radius 1 is 1.46 bits per heavy atom. The lowest BCUT2D eigenvalue weighted by atomic mass is 10.3. The molecular weight excluding hydrogens is 176 g/mol. The monoisotopic (exact) mass is 182 g/mol. The SMILES string of the molecule is N#CC(C(=O)O)N1C(=O)CCC1=O. The van der Waals surface area contributed by atoms with Gasteiger partial charge >= 0.3 is 5.97 Å². The number of likely N-dealkylation sites (tertiary alicyclic amines) is 1. The van der Waals surface area contributed by atoms with Crippen molar-refractivity contribution in [2.45, 2.75) is 18.9 Å². The van der Waals surface area contributed by atoms with Crippen molar-refractivity contribution < 1.29 is 19.5 Å². The summed E-state index contributed by atoms with van der Waals surface area (Å²) in [6.45, 7) is 0. The highest BCUT2D eigenvalue weighted by molar-refractivity contribution is 6.05. The number of carboxylic acids is 1. The molecule has 6 heteroatoms. The minimum atomic E-state index is -1.68. The zero-order chi connectivity index (χ0) is 10.0. The van der Waals surface area contributed by atoms with Gasteiger partial charge in [0.05, 0.1) is 0 Å². The Kier molecular flexibility index (Phi) is 2.28. The number of rotatable bonds is 2. The second-order valence-corrected chi connectivity index (χ2v) is 2.53. The third-order valence-corrected chi connectivity index (χ3v) is 1.70. The van der Waals surface area contributed by atoms with Crippen LogP contribution in [0.4, 0.5) is 0 Å². The number of nitriles is 1. The van der Waals surface area contributed by atoms with Crippen LogP contribution in [0.5, 0.6) is 0 Å². The first-order valence-electron chi connectivity index (χ1n) is 3.55. The fourth-order valence-electron chi connectivity index (χ4n) is 1.11. The fourth-order valence-corrected chi connectivity index (χ4v) is 1.11. The molecule has 1 saturated heterocycles. The first-order chi connectivity index (χ1) is 6.07. The van der Waals surface area contributed by atoms with Crippen LogP contribution in [0.15, 0.2) is 0 Å². The number of hydrogen-bond donors (Lipinski definition) is 1. The van der Waals surface area contributed by atoms with Crippen LogP contribution in [-0.2, 0) is 14.4 Å². The van der Waals surface area contributed by atoms with E-state index in [-0.39, 0.29) is 12.8 Å². The summed E-state index contributed by atoms with van der Waals surface area (Å²) in [6.07, 6.45) is -0.0193. The van der Waals surface area contributed by atoms with Gasteiger partial charge in [-0.25, -0.2) is 4.79 Å². The van der Waals surface area contributed by atoms with E-state index in [1.54, 1.807) is 0 Å². The summed E-state index contributed by atoms with van der Waals surface area (Å²) in [7, 11) is 0. The average molecular weight is 182 g/mol. The Morgan fingerprint density at radius 2 is 1.92 bits per heavy atom. The molecule has 0 aromatic carbocycles. The predicted molar refractivity (Wildman–Crippen MR) is 38.1 cm³/mol. The second kappa shape index (κ2) is 3.23. The van der Waals surface area contributed by atoms with E-state index in [1.807, 2.05) is 0 Å². The molecule has 0 radical (unpaired) electrons. The summed E-state index contributed by atoms with van der Waals surface area (Å²) in [6, 6.07) is -0.289. The Bertz CT molecular complexity index is 301. The van der Waals surface area contributed by atoms with E-state index in [9.17, 15) is 14.4 Å². The van der Waals surface area contributed by atoms with Gasteiger partial charge in [0.2, 0.25) is 17.9 Å². The van der Waals surface area contributed by atoms with Crippen LogP contribution in [-0.4, -0.2) is 33.8 Å². The smallest absolute Gasteiger partial charge is 0.341 e. The maximum absolute atomic E-state index is 11.0. The zero-order valence-electron chi connectivity index (χ0n) is 6.56. The van der Waals surface area contributed by atoms with Gasteiger partial charge < -0.3 is 5.11 Å². The lowest BCUT2D eigenvalue weighted by Crippen LogP contribution is -2.43. The third-order valence-electron chi connectivity index (χ3n) is 1.70. The van der Waals surface area contributed by atoms with Crippen molar-refractivity contribution in [2.75, 3.05) is 0 Å². The van der Waals surface area contributed by atoms with Crippen LogP contribution in [0.25, 0.3) is 0 Å². The quantitative estimate of drug-likeness (QED) is 0.558. The highest BCUT2D eigenvalue weighted by atomic mass is 16.4. The summed E-state index contributed by atoms with van der Waals surface area (Å²) >= 11 is 0.